The molecule has 2 fully saturated rings. The average Bonchev–Trinajstić information content (AvgIpc) is 3.17. The molecule has 0 amide bonds. The molecule has 0 radical (unpaired) electrons. The topological polar surface area (TPSA) is 54.0 Å². The zero-order valence-corrected chi connectivity index (χ0v) is 19.3. The average molecular weight is 427 g/mol. The number of esters is 1. The van der Waals surface area contributed by atoms with E-state index in [0.717, 1.165) is 0 Å². The van der Waals surface area contributed by atoms with Crippen molar-refractivity contribution < 1.29 is 23.4 Å². The van der Waals surface area contributed by atoms with Gasteiger partial charge in [-0.25, -0.2) is 4.79 Å². The van der Waals surface area contributed by atoms with Gasteiger partial charge in [0.05, 0.1) is 6.61 Å². The van der Waals surface area contributed by atoms with Crippen molar-refractivity contribution in [2.24, 2.45) is 0 Å². The molecule has 5 nitrogen and oxygen atoms in total. The molecule has 0 aliphatic carbocycles. The highest BCUT2D eigenvalue weighted by Crippen LogP contribution is 2.39. The third-order valence-corrected chi connectivity index (χ3v) is 10.9. The van der Waals surface area contributed by atoms with Crippen molar-refractivity contribution >= 4 is 24.7 Å². The molecule has 4 rings (SSSR count). The molecule has 0 bridgehead atoms. The van der Waals surface area contributed by atoms with Gasteiger partial charge in [-0.3, -0.25) is 0 Å². The SMILES string of the molecule is CC1(C)O[C@@H]2[C@@H](CO[Si](c3ccccc3)(c3ccccc3)C(C)(C)C)OC(=O)[C@@H]2O1. The first kappa shape index (κ1) is 21.2. The molecule has 2 aliphatic rings. The van der Waals surface area contributed by atoms with E-state index in [4.69, 9.17) is 18.6 Å². The van der Waals surface area contributed by atoms with Crippen molar-refractivity contribution in [3.05, 3.63) is 60.7 Å². The van der Waals surface area contributed by atoms with Crippen molar-refractivity contribution in [1.82, 2.24) is 0 Å². The van der Waals surface area contributed by atoms with Crippen molar-refractivity contribution in [2.45, 2.75) is 63.8 Å². The molecule has 160 valence electrons. The second kappa shape index (κ2) is 7.61. The standard InChI is InChI=1S/C24H30O5Si/c1-23(2,3)30(17-12-8-6-9-13-17,18-14-10-7-11-15-18)26-16-19-20-21(22(25)27-19)29-24(4,5)28-20/h6-15,19-21H,16H2,1-5H3/t19-,20-,21-/m1/s1. The monoisotopic (exact) mass is 426 g/mol. The summed E-state index contributed by atoms with van der Waals surface area (Å²) >= 11 is 0. The van der Waals surface area contributed by atoms with Gasteiger partial charge in [0.25, 0.3) is 8.32 Å². The maximum Gasteiger partial charge on any atom is 0.338 e. The Bertz CT molecular complexity index is 851. The van der Waals surface area contributed by atoms with Gasteiger partial charge in [0.15, 0.2) is 18.0 Å². The molecule has 30 heavy (non-hydrogen) atoms. The molecule has 2 saturated heterocycles. The molecule has 0 spiro atoms. The van der Waals surface area contributed by atoms with Gasteiger partial charge in [0, 0.05) is 0 Å². The molecular weight excluding hydrogens is 396 g/mol. The van der Waals surface area contributed by atoms with E-state index >= 15 is 0 Å². The summed E-state index contributed by atoms with van der Waals surface area (Å²) in [6.45, 7) is 10.6. The van der Waals surface area contributed by atoms with E-state index in [1.807, 2.05) is 26.0 Å². The summed E-state index contributed by atoms with van der Waals surface area (Å²) in [7, 11) is -2.71. The van der Waals surface area contributed by atoms with Crippen LogP contribution in [0.25, 0.3) is 0 Å². The minimum atomic E-state index is -2.71. The highest BCUT2D eigenvalue weighted by molar-refractivity contribution is 6.99. The Morgan fingerprint density at radius 2 is 1.47 bits per heavy atom. The van der Waals surface area contributed by atoms with Gasteiger partial charge in [0.1, 0.15) is 6.10 Å². The van der Waals surface area contributed by atoms with Gasteiger partial charge in [0.2, 0.25) is 0 Å². The Labute approximate surface area is 179 Å². The zero-order valence-electron chi connectivity index (χ0n) is 18.3. The summed E-state index contributed by atoms with van der Waals surface area (Å²) in [5, 5.41) is 2.23. The maximum atomic E-state index is 12.3. The van der Waals surface area contributed by atoms with Crippen LogP contribution in [0.3, 0.4) is 0 Å². The number of hydrogen-bond acceptors (Lipinski definition) is 5. The number of fused-ring (bicyclic) bond motifs is 1. The Kier molecular flexibility index (Phi) is 5.39. The zero-order chi connectivity index (χ0) is 21.6. The number of ether oxygens (including phenoxy) is 3. The molecule has 0 N–H and O–H groups in total. The van der Waals surface area contributed by atoms with Crippen LogP contribution in [-0.4, -0.2) is 45.0 Å². The van der Waals surface area contributed by atoms with Gasteiger partial charge in [-0.05, 0) is 29.3 Å². The van der Waals surface area contributed by atoms with Crippen LogP contribution in [0.5, 0.6) is 0 Å². The number of benzene rings is 2. The quantitative estimate of drug-likeness (QED) is 0.543. The molecule has 3 atom stereocenters. The van der Waals surface area contributed by atoms with E-state index in [-0.39, 0.29) is 17.6 Å². The van der Waals surface area contributed by atoms with E-state index in [0.29, 0.717) is 0 Å². The van der Waals surface area contributed by atoms with Gasteiger partial charge in [-0.1, -0.05) is 81.4 Å². The smallest absolute Gasteiger partial charge is 0.338 e. The Hall–Kier alpha value is -1.99. The van der Waals surface area contributed by atoms with Crippen molar-refractivity contribution in [1.29, 1.82) is 0 Å². The van der Waals surface area contributed by atoms with Crippen LogP contribution in [0.2, 0.25) is 5.04 Å². The molecule has 2 heterocycles. The molecule has 0 unspecified atom stereocenters. The van der Waals surface area contributed by atoms with Crippen molar-refractivity contribution in [3.8, 4) is 0 Å². The van der Waals surface area contributed by atoms with Crippen LogP contribution >= 0.6 is 0 Å². The fourth-order valence-corrected chi connectivity index (χ4v) is 9.19. The highest BCUT2D eigenvalue weighted by atomic mass is 28.4. The van der Waals surface area contributed by atoms with Gasteiger partial charge >= 0.3 is 5.97 Å². The van der Waals surface area contributed by atoms with E-state index in [1.54, 1.807) is 0 Å². The molecule has 0 saturated carbocycles. The van der Waals surface area contributed by atoms with E-state index in [1.165, 1.54) is 10.4 Å². The lowest BCUT2D eigenvalue weighted by atomic mass is 10.1. The summed E-state index contributed by atoms with van der Waals surface area (Å²) in [5.41, 5.74) is 0. The minimum absolute atomic E-state index is 0.149. The first-order valence-electron chi connectivity index (χ1n) is 10.5. The third kappa shape index (κ3) is 3.62. The van der Waals surface area contributed by atoms with Crippen molar-refractivity contribution in [2.75, 3.05) is 6.61 Å². The van der Waals surface area contributed by atoms with Crippen molar-refractivity contribution in [3.63, 3.8) is 0 Å². The molecular formula is C24H30O5Si. The predicted octanol–water partition coefficient (Wildman–Crippen LogP) is 3.01. The van der Waals surface area contributed by atoms with Crippen LogP contribution in [0.1, 0.15) is 34.6 Å². The lowest BCUT2D eigenvalue weighted by molar-refractivity contribution is -0.188. The summed E-state index contributed by atoms with van der Waals surface area (Å²) in [6.07, 6.45) is -1.63. The van der Waals surface area contributed by atoms with Crippen LogP contribution in [0, 0.1) is 0 Å². The minimum Gasteiger partial charge on any atom is -0.455 e. The summed E-state index contributed by atoms with van der Waals surface area (Å²) < 4.78 is 24.2. The predicted molar refractivity (Wildman–Crippen MR) is 117 cm³/mol. The second-order valence-electron chi connectivity index (χ2n) is 9.47. The summed E-state index contributed by atoms with van der Waals surface area (Å²) in [6, 6.07) is 20.8. The van der Waals surface area contributed by atoms with E-state index in [9.17, 15) is 4.79 Å². The van der Waals surface area contributed by atoms with Gasteiger partial charge < -0.3 is 18.6 Å². The molecule has 2 aromatic carbocycles. The third-order valence-electron chi connectivity index (χ3n) is 5.88. The Balaban J connectivity index is 1.70. The fraction of sp³-hybridized carbons (Fsp3) is 0.458. The molecule has 2 aliphatic heterocycles. The number of rotatable bonds is 5. The second-order valence-corrected chi connectivity index (χ2v) is 13.8. The van der Waals surface area contributed by atoms with Crippen LogP contribution < -0.4 is 10.4 Å². The molecule has 6 heteroatoms. The lowest BCUT2D eigenvalue weighted by Gasteiger charge is -2.43. The number of cyclic esters (lactones) is 1. The van der Waals surface area contributed by atoms with Gasteiger partial charge in [-0.15, -0.1) is 0 Å². The van der Waals surface area contributed by atoms with Crippen LogP contribution in [0.15, 0.2) is 60.7 Å². The maximum absolute atomic E-state index is 12.3. The molecule has 2 aromatic rings. The number of hydrogen-bond donors (Lipinski definition) is 0. The fourth-order valence-electron chi connectivity index (χ4n) is 4.62. The molecule has 0 aromatic heterocycles. The Morgan fingerprint density at radius 3 is 1.97 bits per heavy atom. The summed E-state index contributed by atoms with van der Waals surface area (Å²) in [5.74, 6) is -1.17. The first-order valence-corrected chi connectivity index (χ1v) is 12.4. The van der Waals surface area contributed by atoms with Gasteiger partial charge in [-0.2, -0.15) is 0 Å². The number of carbonyl (C=O) groups is 1. The Morgan fingerprint density at radius 1 is 0.933 bits per heavy atom. The first-order chi connectivity index (χ1) is 14.1. The van der Waals surface area contributed by atoms with E-state index < -0.39 is 32.4 Å². The van der Waals surface area contributed by atoms with Crippen LogP contribution in [0.4, 0.5) is 0 Å². The largest absolute Gasteiger partial charge is 0.455 e. The van der Waals surface area contributed by atoms with E-state index in [2.05, 4.69) is 69.3 Å². The normalized spacial score (nSPS) is 25.8. The van der Waals surface area contributed by atoms with Crippen LogP contribution in [-0.2, 0) is 23.4 Å². The number of carbonyl (C=O) groups excluding carboxylic acids is 1. The summed E-state index contributed by atoms with van der Waals surface area (Å²) in [4.78, 5) is 12.3. The highest BCUT2D eigenvalue weighted by Gasteiger charge is 2.57. The lowest BCUT2D eigenvalue weighted by Crippen LogP contribution is -2.67.